The Bertz CT molecular complexity index is 366. The number of halogens is 1. The van der Waals surface area contributed by atoms with Crippen LogP contribution in [0.2, 0.25) is 5.15 Å². The lowest BCUT2D eigenvalue weighted by Gasteiger charge is -2.25. The van der Waals surface area contributed by atoms with E-state index in [1.807, 2.05) is 12.3 Å². The zero-order valence-electron chi connectivity index (χ0n) is 9.61. The van der Waals surface area contributed by atoms with Gasteiger partial charge in [0, 0.05) is 19.2 Å². The molecule has 1 aliphatic carbocycles. The summed E-state index contributed by atoms with van der Waals surface area (Å²) in [6.45, 7) is 0. The van der Waals surface area contributed by atoms with Crippen LogP contribution in [0.15, 0.2) is 11.2 Å². The van der Waals surface area contributed by atoms with Crippen LogP contribution in [-0.4, -0.2) is 29.3 Å². The van der Waals surface area contributed by atoms with Gasteiger partial charge in [-0.2, -0.15) is 0 Å². The van der Waals surface area contributed by atoms with E-state index in [-0.39, 0.29) is 0 Å². The van der Waals surface area contributed by atoms with Gasteiger partial charge < -0.3 is 4.90 Å². The van der Waals surface area contributed by atoms with E-state index >= 15 is 0 Å². The molecule has 0 atom stereocenters. The quantitative estimate of drug-likeness (QED) is 0.472. The van der Waals surface area contributed by atoms with Crippen LogP contribution in [0.5, 0.6) is 0 Å². The summed E-state index contributed by atoms with van der Waals surface area (Å²) in [6.07, 6.45) is 7.12. The molecule has 3 nitrogen and oxygen atoms in total. The lowest BCUT2D eigenvalue weighted by molar-refractivity contribution is 0.642. The summed E-state index contributed by atoms with van der Waals surface area (Å²) in [7, 11) is 2.10. The van der Waals surface area contributed by atoms with E-state index in [1.54, 1.807) is 0 Å². The average Bonchev–Trinajstić information content (AvgIpc) is 2.80. The van der Waals surface area contributed by atoms with Gasteiger partial charge in [-0.3, -0.25) is 0 Å². The van der Waals surface area contributed by atoms with Crippen molar-refractivity contribution in [3.05, 3.63) is 11.2 Å². The maximum Gasteiger partial charge on any atom is 0.190 e. The molecule has 0 spiro atoms. The van der Waals surface area contributed by atoms with Crippen LogP contribution in [-0.2, 0) is 0 Å². The standard InChI is InChI=1S/C11H16ClN3S/c1-15(8-5-3-4-6-8)10-7-9(12)13-11(14-10)16-2/h7-8H,3-6H2,1-2H3. The first-order valence-electron chi connectivity index (χ1n) is 5.52. The number of hydrogen-bond acceptors (Lipinski definition) is 4. The molecule has 0 saturated heterocycles. The second kappa shape index (κ2) is 5.23. The molecule has 1 aromatic heterocycles. The molecule has 1 aromatic rings. The Kier molecular flexibility index (Phi) is 3.92. The second-order valence-electron chi connectivity index (χ2n) is 4.08. The third-order valence-electron chi connectivity index (χ3n) is 3.08. The first-order valence-corrected chi connectivity index (χ1v) is 7.12. The fourth-order valence-electron chi connectivity index (χ4n) is 2.14. The highest BCUT2D eigenvalue weighted by Crippen LogP contribution is 2.27. The summed E-state index contributed by atoms with van der Waals surface area (Å²) in [5.74, 6) is 0.941. The Morgan fingerprint density at radius 2 is 2.06 bits per heavy atom. The van der Waals surface area contributed by atoms with E-state index in [2.05, 4.69) is 21.9 Å². The predicted octanol–water partition coefficient (Wildman–Crippen LogP) is 3.23. The van der Waals surface area contributed by atoms with Gasteiger partial charge in [0.2, 0.25) is 0 Å². The summed E-state index contributed by atoms with van der Waals surface area (Å²) >= 11 is 7.51. The maximum absolute atomic E-state index is 5.99. The summed E-state index contributed by atoms with van der Waals surface area (Å²) in [5.41, 5.74) is 0. The summed E-state index contributed by atoms with van der Waals surface area (Å²) < 4.78 is 0. The lowest BCUT2D eigenvalue weighted by Crippen LogP contribution is -2.29. The molecule has 1 aliphatic rings. The normalized spacial score (nSPS) is 16.7. The van der Waals surface area contributed by atoms with Crippen LogP contribution in [0.1, 0.15) is 25.7 Å². The Morgan fingerprint density at radius 3 is 2.69 bits per heavy atom. The number of aromatic nitrogens is 2. The fraction of sp³-hybridized carbons (Fsp3) is 0.636. The fourth-order valence-corrected chi connectivity index (χ4v) is 2.74. The molecule has 0 amide bonds. The van der Waals surface area contributed by atoms with Crippen molar-refractivity contribution in [1.82, 2.24) is 9.97 Å². The predicted molar refractivity (Wildman–Crippen MR) is 69.5 cm³/mol. The highest BCUT2D eigenvalue weighted by molar-refractivity contribution is 7.98. The topological polar surface area (TPSA) is 29.0 Å². The molecule has 0 aliphatic heterocycles. The Morgan fingerprint density at radius 1 is 1.38 bits per heavy atom. The largest absolute Gasteiger partial charge is 0.357 e. The minimum absolute atomic E-state index is 0.527. The van der Waals surface area contributed by atoms with Gasteiger partial charge >= 0.3 is 0 Å². The monoisotopic (exact) mass is 257 g/mol. The van der Waals surface area contributed by atoms with Crippen molar-refractivity contribution in [3.63, 3.8) is 0 Å². The van der Waals surface area contributed by atoms with Crippen molar-refractivity contribution >= 4 is 29.2 Å². The highest BCUT2D eigenvalue weighted by Gasteiger charge is 2.21. The molecular formula is C11H16ClN3S. The third kappa shape index (κ3) is 2.61. The van der Waals surface area contributed by atoms with Gasteiger partial charge in [0.15, 0.2) is 5.16 Å². The number of anilines is 1. The highest BCUT2D eigenvalue weighted by atomic mass is 35.5. The van der Waals surface area contributed by atoms with E-state index in [1.165, 1.54) is 37.4 Å². The number of hydrogen-bond donors (Lipinski definition) is 0. The van der Waals surface area contributed by atoms with Crippen molar-refractivity contribution in [3.8, 4) is 0 Å². The van der Waals surface area contributed by atoms with Crippen molar-refractivity contribution in [2.75, 3.05) is 18.2 Å². The molecule has 1 heterocycles. The molecule has 1 saturated carbocycles. The average molecular weight is 258 g/mol. The van der Waals surface area contributed by atoms with E-state index in [9.17, 15) is 0 Å². The summed E-state index contributed by atoms with van der Waals surface area (Å²) in [6, 6.07) is 2.46. The molecule has 0 bridgehead atoms. The molecule has 5 heteroatoms. The van der Waals surface area contributed by atoms with E-state index in [0.29, 0.717) is 11.2 Å². The molecule has 0 unspecified atom stereocenters. The van der Waals surface area contributed by atoms with E-state index < -0.39 is 0 Å². The SMILES string of the molecule is CSc1nc(Cl)cc(N(C)C2CCCC2)n1. The number of nitrogens with zero attached hydrogens (tertiary/aromatic N) is 3. The molecule has 2 rings (SSSR count). The van der Waals surface area contributed by atoms with Gasteiger partial charge in [-0.1, -0.05) is 36.2 Å². The maximum atomic E-state index is 5.99. The molecule has 88 valence electrons. The Hall–Kier alpha value is -0.480. The van der Waals surface area contributed by atoms with Crippen LogP contribution in [0.25, 0.3) is 0 Å². The smallest absolute Gasteiger partial charge is 0.190 e. The first-order chi connectivity index (χ1) is 7.70. The third-order valence-corrected chi connectivity index (χ3v) is 3.82. The van der Waals surface area contributed by atoms with Gasteiger partial charge in [-0.05, 0) is 19.1 Å². The first kappa shape index (κ1) is 12.0. The summed E-state index contributed by atoms with van der Waals surface area (Å²) in [5, 5.41) is 1.27. The van der Waals surface area contributed by atoms with Crippen molar-refractivity contribution in [2.24, 2.45) is 0 Å². The Balaban J connectivity index is 2.21. The van der Waals surface area contributed by atoms with Crippen LogP contribution >= 0.6 is 23.4 Å². The second-order valence-corrected chi connectivity index (χ2v) is 5.25. The Labute approximate surface area is 106 Å². The van der Waals surface area contributed by atoms with Gasteiger partial charge in [-0.15, -0.1) is 0 Å². The molecule has 0 radical (unpaired) electrons. The van der Waals surface area contributed by atoms with E-state index in [4.69, 9.17) is 11.6 Å². The minimum Gasteiger partial charge on any atom is -0.357 e. The molecule has 0 N–H and O–H groups in total. The van der Waals surface area contributed by atoms with E-state index in [0.717, 1.165) is 11.0 Å². The number of rotatable bonds is 3. The molecule has 16 heavy (non-hydrogen) atoms. The van der Waals surface area contributed by atoms with Gasteiger partial charge in [-0.25, -0.2) is 9.97 Å². The van der Waals surface area contributed by atoms with Crippen LogP contribution in [0.4, 0.5) is 5.82 Å². The van der Waals surface area contributed by atoms with Crippen LogP contribution in [0.3, 0.4) is 0 Å². The van der Waals surface area contributed by atoms with Gasteiger partial charge in [0.05, 0.1) is 0 Å². The minimum atomic E-state index is 0.527. The van der Waals surface area contributed by atoms with Crippen molar-refractivity contribution in [2.45, 2.75) is 36.9 Å². The van der Waals surface area contributed by atoms with Crippen LogP contribution < -0.4 is 4.90 Å². The van der Waals surface area contributed by atoms with Crippen molar-refractivity contribution in [1.29, 1.82) is 0 Å². The zero-order valence-corrected chi connectivity index (χ0v) is 11.2. The number of thioether (sulfide) groups is 1. The molecule has 1 fully saturated rings. The van der Waals surface area contributed by atoms with Crippen LogP contribution in [0, 0.1) is 0 Å². The lowest BCUT2D eigenvalue weighted by atomic mass is 10.2. The summed E-state index contributed by atoms with van der Waals surface area (Å²) in [4.78, 5) is 10.9. The van der Waals surface area contributed by atoms with Gasteiger partial charge in [0.1, 0.15) is 11.0 Å². The van der Waals surface area contributed by atoms with Gasteiger partial charge in [0.25, 0.3) is 0 Å². The zero-order chi connectivity index (χ0) is 11.5. The molecule has 0 aromatic carbocycles. The van der Waals surface area contributed by atoms with Crippen molar-refractivity contribution < 1.29 is 0 Å². The molecular weight excluding hydrogens is 242 g/mol.